The molecule has 0 spiro atoms. The lowest BCUT2D eigenvalue weighted by atomic mass is 10.2. The first-order valence-corrected chi connectivity index (χ1v) is 6.37. The van der Waals surface area contributed by atoms with Gasteiger partial charge in [0.1, 0.15) is 0 Å². The number of benzene rings is 1. The van der Waals surface area contributed by atoms with Gasteiger partial charge in [0, 0.05) is 48.6 Å². The fourth-order valence-corrected chi connectivity index (χ4v) is 2.26. The van der Waals surface area contributed by atoms with Crippen LogP contribution in [0.3, 0.4) is 0 Å². The molecule has 0 aliphatic heterocycles. The molecule has 0 saturated carbocycles. The van der Waals surface area contributed by atoms with Crippen LogP contribution in [-0.2, 0) is 13.0 Å². The first kappa shape index (κ1) is 12.3. The molecule has 20 heavy (non-hydrogen) atoms. The van der Waals surface area contributed by atoms with E-state index in [0.717, 1.165) is 29.6 Å². The molecular formula is C15H13N3O2. The molecular weight excluding hydrogens is 254 g/mol. The third-order valence-corrected chi connectivity index (χ3v) is 3.30. The van der Waals surface area contributed by atoms with Gasteiger partial charge in [0.05, 0.1) is 10.4 Å². The predicted molar refractivity (Wildman–Crippen MR) is 76.5 cm³/mol. The van der Waals surface area contributed by atoms with Crippen molar-refractivity contribution in [1.29, 1.82) is 0 Å². The highest BCUT2D eigenvalue weighted by Crippen LogP contribution is 2.22. The Kier molecular flexibility index (Phi) is 3.16. The SMILES string of the molecule is O=[N+]([O-])c1ccc2ccn(CCc3ccccn3)c2c1. The van der Waals surface area contributed by atoms with E-state index in [9.17, 15) is 10.1 Å². The van der Waals surface area contributed by atoms with Crippen molar-refractivity contribution in [1.82, 2.24) is 9.55 Å². The van der Waals surface area contributed by atoms with E-state index in [4.69, 9.17) is 0 Å². The first-order chi connectivity index (χ1) is 9.74. The van der Waals surface area contributed by atoms with E-state index in [2.05, 4.69) is 4.98 Å². The van der Waals surface area contributed by atoms with Crippen molar-refractivity contribution in [3.63, 3.8) is 0 Å². The van der Waals surface area contributed by atoms with Crippen LogP contribution in [0.25, 0.3) is 10.9 Å². The van der Waals surface area contributed by atoms with Crippen LogP contribution < -0.4 is 0 Å². The first-order valence-electron chi connectivity index (χ1n) is 6.37. The zero-order chi connectivity index (χ0) is 13.9. The van der Waals surface area contributed by atoms with Crippen LogP contribution in [0.15, 0.2) is 54.9 Å². The fourth-order valence-electron chi connectivity index (χ4n) is 2.26. The zero-order valence-corrected chi connectivity index (χ0v) is 10.8. The molecule has 3 aromatic rings. The monoisotopic (exact) mass is 267 g/mol. The van der Waals surface area contributed by atoms with E-state index < -0.39 is 0 Å². The second kappa shape index (κ2) is 5.13. The summed E-state index contributed by atoms with van der Waals surface area (Å²) in [6, 6.07) is 12.7. The van der Waals surface area contributed by atoms with Crippen molar-refractivity contribution in [2.45, 2.75) is 13.0 Å². The number of pyridine rings is 1. The van der Waals surface area contributed by atoms with Crippen molar-refractivity contribution >= 4 is 16.6 Å². The summed E-state index contributed by atoms with van der Waals surface area (Å²) in [5, 5.41) is 11.9. The molecule has 0 saturated heterocycles. The summed E-state index contributed by atoms with van der Waals surface area (Å²) in [6.07, 6.45) is 4.53. The number of hydrogen-bond donors (Lipinski definition) is 0. The topological polar surface area (TPSA) is 61.0 Å². The van der Waals surface area contributed by atoms with Crippen LogP contribution in [0.4, 0.5) is 5.69 Å². The summed E-state index contributed by atoms with van der Waals surface area (Å²) in [5.74, 6) is 0. The Morgan fingerprint density at radius 2 is 2.10 bits per heavy atom. The van der Waals surface area contributed by atoms with E-state index in [0.29, 0.717) is 0 Å². The van der Waals surface area contributed by atoms with E-state index in [1.54, 1.807) is 18.3 Å². The molecule has 0 radical (unpaired) electrons. The van der Waals surface area contributed by atoms with Crippen LogP contribution in [0, 0.1) is 10.1 Å². The minimum atomic E-state index is -0.366. The van der Waals surface area contributed by atoms with E-state index >= 15 is 0 Å². The minimum absolute atomic E-state index is 0.121. The summed E-state index contributed by atoms with van der Waals surface area (Å²) >= 11 is 0. The zero-order valence-electron chi connectivity index (χ0n) is 10.8. The van der Waals surface area contributed by atoms with Gasteiger partial charge in [0.2, 0.25) is 0 Å². The Labute approximate surface area is 115 Å². The molecule has 0 fully saturated rings. The smallest absolute Gasteiger partial charge is 0.271 e. The highest BCUT2D eigenvalue weighted by atomic mass is 16.6. The molecule has 0 unspecified atom stereocenters. The number of non-ortho nitro benzene ring substituents is 1. The second-order valence-corrected chi connectivity index (χ2v) is 4.58. The molecule has 100 valence electrons. The number of fused-ring (bicyclic) bond motifs is 1. The number of aryl methyl sites for hydroxylation is 2. The van der Waals surface area contributed by atoms with Crippen LogP contribution >= 0.6 is 0 Å². The van der Waals surface area contributed by atoms with Crippen molar-refractivity contribution in [3.8, 4) is 0 Å². The van der Waals surface area contributed by atoms with Crippen LogP contribution in [-0.4, -0.2) is 14.5 Å². The molecule has 2 aromatic heterocycles. The average molecular weight is 267 g/mol. The lowest BCUT2D eigenvalue weighted by Gasteiger charge is -2.05. The van der Waals surface area contributed by atoms with E-state index in [1.807, 2.05) is 35.0 Å². The van der Waals surface area contributed by atoms with Gasteiger partial charge in [-0.3, -0.25) is 15.1 Å². The van der Waals surface area contributed by atoms with Crippen molar-refractivity contribution in [2.75, 3.05) is 0 Å². The summed E-state index contributed by atoms with van der Waals surface area (Å²) in [4.78, 5) is 14.8. The Bertz CT molecular complexity index is 750. The third-order valence-electron chi connectivity index (χ3n) is 3.30. The lowest BCUT2D eigenvalue weighted by Crippen LogP contribution is -2.01. The molecule has 0 aliphatic carbocycles. The van der Waals surface area contributed by atoms with Gasteiger partial charge in [0.15, 0.2) is 0 Å². The van der Waals surface area contributed by atoms with Crippen LogP contribution in [0.1, 0.15) is 5.69 Å². The van der Waals surface area contributed by atoms with Crippen LogP contribution in [0.2, 0.25) is 0 Å². The molecule has 1 aromatic carbocycles. The molecule has 0 amide bonds. The van der Waals surface area contributed by atoms with E-state index in [1.165, 1.54) is 6.07 Å². The summed E-state index contributed by atoms with van der Waals surface area (Å²) < 4.78 is 2.02. The van der Waals surface area contributed by atoms with Gasteiger partial charge in [-0.15, -0.1) is 0 Å². The Morgan fingerprint density at radius 1 is 1.20 bits per heavy atom. The van der Waals surface area contributed by atoms with Gasteiger partial charge in [-0.2, -0.15) is 0 Å². The Morgan fingerprint density at radius 3 is 2.85 bits per heavy atom. The normalized spacial score (nSPS) is 10.8. The van der Waals surface area contributed by atoms with Gasteiger partial charge < -0.3 is 4.57 Å². The fraction of sp³-hybridized carbons (Fsp3) is 0.133. The number of nitro benzene ring substituents is 1. The summed E-state index contributed by atoms with van der Waals surface area (Å²) in [5.41, 5.74) is 2.02. The molecule has 2 heterocycles. The van der Waals surface area contributed by atoms with Crippen molar-refractivity contribution < 1.29 is 4.92 Å². The molecule has 0 aliphatic rings. The molecule has 5 heteroatoms. The molecule has 0 bridgehead atoms. The standard InChI is InChI=1S/C15H13N3O2/c19-18(20)14-5-4-12-6-9-17(15(12)11-14)10-7-13-3-1-2-8-16-13/h1-6,8-9,11H,7,10H2. The van der Waals surface area contributed by atoms with Gasteiger partial charge in [0.25, 0.3) is 5.69 Å². The van der Waals surface area contributed by atoms with Crippen molar-refractivity contribution in [2.24, 2.45) is 0 Å². The molecule has 3 rings (SSSR count). The third kappa shape index (κ3) is 2.38. The Hall–Kier alpha value is -2.69. The quantitative estimate of drug-likeness (QED) is 0.538. The molecule has 5 nitrogen and oxygen atoms in total. The second-order valence-electron chi connectivity index (χ2n) is 4.58. The van der Waals surface area contributed by atoms with Gasteiger partial charge in [-0.05, 0) is 24.3 Å². The van der Waals surface area contributed by atoms with Gasteiger partial charge in [-0.1, -0.05) is 6.07 Å². The predicted octanol–water partition coefficient (Wildman–Crippen LogP) is 3.19. The van der Waals surface area contributed by atoms with E-state index in [-0.39, 0.29) is 10.6 Å². The van der Waals surface area contributed by atoms with Crippen LogP contribution in [0.5, 0.6) is 0 Å². The number of aromatic nitrogens is 2. The average Bonchev–Trinajstić information content (AvgIpc) is 2.88. The maximum Gasteiger partial charge on any atom is 0.271 e. The Balaban J connectivity index is 1.88. The highest BCUT2D eigenvalue weighted by molar-refractivity contribution is 5.82. The number of nitrogens with zero attached hydrogens (tertiary/aromatic N) is 3. The lowest BCUT2D eigenvalue weighted by molar-refractivity contribution is -0.384. The number of rotatable bonds is 4. The summed E-state index contributed by atoms with van der Waals surface area (Å²) in [6.45, 7) is 0.752. The largest absolute Gasteiger partial charge is 0.347 e. The van der Waals surface area contributed by atoms with Gasteiger partial charge >= 0.3 is 0 Å². The molecule has 0 N–H and O–H groups in total. The minimum Gasteiger partial charge on any atom is -0.347 e. The van der Waals surface area contributed by atoms with Gasteiger partial charge in [-0.25, -0.2) is 0 Å². The maximum absolute atomic E-state index is 10.8. The number of nitro groups is 1. The van der Waals surface area contributed by atoms with Crippen molar-refractivity contribution in [3.05, 3.63) is 70.7 Å². The number of hydrogen-bond acceptors (Lipinski definition) is 3. The summed E-state index contributed by atoms with van der Waals surface area (Å²) in [7, 11) is 0. The highest BCUT2D eigenvalue weighted by Gasteiger charge is 2.09. The molecule has 0 atom stereocenters. The maximum atomic E-state index is 10.8.